The summed E-state index contributed by atoms with van der Waals surface area (Å²) in [5.74, 6) is -0.904. The number of nitrogens with zero attached hydrogens (tertiary/aromatic N) is 1. The molecule has 7 nitrogen and oxygen atoms in total. The van der Waals surface area contributed by atoms with Gasteiger partial charge in [-0.1, -0.05) is 18.2 Å². The number of aryl methyl sites for hydroxylation is 1. The number of nitrogens with one attached hydrogen (secondary N) is 1. The molecule has 2 amide bonds. The number of carbonyl (C=O) groups excluding carboxylic acids is 1. The zero-order chi connectivity index (χ0) is 15.7. The lowest BCUT2D eigenvalue weighted by Gasteiger charge is -2.22. The Labute approximate surface area is 122 Å². The minimum Gasteiger partial charge on any atom is -0.481 e. The van der Waals surface area contributed by atoms with Crippen molar-refractivity contribution in [1.29, 1.82) is 0 Å². The summed E-state index contributed by atoms with van der Waals surface area (Å²) in [6.07, 6.45) is 0.287. The van der Waals surface area contributed by atoms with Crippen LogP contribution in [0.15, 0.2) is 24.3 Å². The minimum absolute atomic E-state index is 0.0239. The number of urea groups is 1. The number of aliphatic hydroxyl groups excluding tert-OH is 2. The Bertz CT molecular complexity index is 472. The van der Waals surface area contributed by atoms with Gasteiger partial charge in [0.05, 0.1) is 13.2 Å². The molecule has 0 heterocycles. The van der Waals surface area contributed by atoms with Crippen LogP contribution in [-0.2, 0) is 11.2 Å². The average Bonchev–Trinajstić information content (AvgIpc) is 2.46. The van der Waals surface area contributed by atoms with Gasteiger partial charge in [-0.2, -0.15) is 0 Å². The molecule has 21 heavy (non-hydrogen) atoms. The Balaban J connectivity index is 2.76. The summed E-state index contributed by atoms with van der Waals surface area (Å²) >= 11 is 0. The first-order valence-electron chi connectivity index (χ1n) is 6.65. The second kappa shape index (κ2) is 8.93. The standard InChI is InChI=1S/C14H20N2O5/c17-9-7-16(8-10-18)14(21)15-12-4-2-1-3-11(12)5-6-13(19)20/h1-4,17-18H,5-10H2,(H,15,21)(H,19,20). The Kier molecular flexibility index (Phi) is 7.20. The summed E-state index contributed by atoms with van der Waals surface area (Å²) in [6, 6.07) is 6.50. The van der Waals surface area contributed by atoms with Crippen molar-refractivity contribution in [2.45, 2.75) is 12.8 Å². The fraction of sp³-hybridized carbons (Fsp3) is 0.429. The summed E-state index contributed by atoms with van der Waals surface area (Å²) in [5, 5.41) is 29.2. The van der Waals surface area contributed by atoms with E-state index in [-0.39, 0.29) is 32.7 Å². The number of para-hydroxylation sites is 1. The Morgan fingerprint density at radius 1 is 1.10 bits per heavy atom. The molecule has 0 saturated carbocycles. The molecule has 0 aliphatic heterocycles. The molecule has 7 heteroatoms. The SMILES string of the molecule is O=C(O)CCc1ccccc1NC(=O)N(CCO)CCO. The molecule has 4 N–H and O–H groups in total. The monoisotopic (exact) mass is 296 g/mol. The van der Waals surface area contributed by atoms with Crippen molar-refractivity contribution in [2.24, 2.45) is 0 Å². The number of rotatable bonds is 8. The van der Waals surface area contributed by atoms with Crippen molar-refractivity contribution in [1.82, 2.24) is 4.90 Å². The summed E-state index contributed by atoms with van der Waals surface area (Å²) in [5.41, 5.74) is 1.26. The van der Waals surface area contributed by atoms with Crippen LogP contribution in [0.3, 0.4) is 0 Å². The summed E-state index contributed by atoms with van der Waals surface area (Å²) in [6.45, 7) is -0.171. The number of hydrogen-bond acceptors (Lipinski definition) is 4. The number of aliphatic hydroxyl groups is 2. The molecule has 0 aliphatic rings. The highest BCUT2D eigenvalue weighted by molar-refractivity contribution is 5.90. The zero-order valence-electron chi connectivity index (χ0n) is 11.7. The van der Waals surface area contributed by atoms with Gasteiger partial charge in [0.2, 0.25) is 0 Å². The van der Waals surface area contributed by atoms with E-state index in [9.17, 15) is 9.59 Å². The first kappa shape index (κ1) is 16.9. The van der Waals surface area contributed by atoms with Crippen LogP contribution in [0, 0.1) is 0 Å². The zero-order valence-corrected chi connectivity index (χ0v) is 11.7. The molecule has 0 fully saturated rings. The summed E-state index contributed by atoms with van der Waals surface area (Å²) in [4.78, 5) is 24.0. The van der Waals surface area contributed by atoms with Gasteiger partial charge < -0.3 is 25.5 Å². The molecule has 0 radical (unpaired) electrons. The van der Waals surface area contributed by atoms with Gasteiger partial charge in [-0.05, 0) is 18.1 Å². The molecular formula is C14H20N2O5. The van der Waals surface area contributed by atoms with Gasteiger partial charge in [-0.3, -0.25) is 4.79 Å². The van der Waals surface area contributed by atoms with Crippen LogP contribution in [0.5, 0.6) is 0 Å². The molecule has 0 saturated heterocycles. The van der Waals surface area contributed by atoms with Crippen LogP contribution in [0.25, 0.3) is 0 Å². The van der Waals surface area contributed by atoms with E-state index in [0.29, 0.717) is 12.1 Å². The van der Waals surface area contributed by atoms with Crippen molar-refractivity contribution in [3.8, 4) is 0 Å². The van der Waals surface area contributed by atoms with Crippen molar-refractivity contribution in [2.75, 3.05) is 31.6 Å². The number of carboxylic acids is 1. The van der Waals surface area contributed by atoms with Crippen LogP contribution in [0.2, 0.25) is 0 Å². The molecule has 0 aromatic heterocycles. The van der Waals surface area contributed by atoms with Crippen LogP contribution in [-0.4, -0.2) is 58.5 Å². The first-order chi connectivity index (χ1) is 10.1. The van der Waals surface area contributed by atoms with Gasteiger partial charge in [-0.15, -0.1) is 0 Å². The van der Waals surface area contributed by atoms with E-state index in [1.54, 1.807) is 24.3 Å². The highest BCUT2D eigenvalue weighted by Crippen LogP contribution is 2.17. The number of hydrogen-bond donors (Lipinski definition) is 4. The Morgan fingerprint density at radius 3 is 2.29 bits per heavy atom. The molecule has 1 rings (SSSR count). The quantitative estimate of drug-likeness (QED) is 0.559. The lowest BCUT2D eigenvalue weighted by Crippen LogP contribution is -2.39. The molecule has 1 aromatic rings. The number of amides is 2. The molecule has 0 atom stereocenters. The van der Waals surface area contributed by atoms with Gasteiger partial charge in [0.25, 0.3) is 0 Å². The van der Waals surface area contributed by atoms with Crippen LogP contribution < -0.4 is 5.32 Å². The van der Waals surface area contributed by atoms with Crippen LogP contribution in [0.1, 0.15) is 12.0 Å². The predicted molar refractivity (Wildman–Crippen MR) is 77.2 cm³/mol. The lowest BCUT2D eigenvalue weighted by atomic mass is 10.1. The van der Waals surface area contributed by atoms with E-state index in [1.165, 1.54) is 4.90 Å². The van der Waals surface area contributed by atoms with Gasteiger partial charge in [0.15, 0.2) is 0 Å². The fourth-order valence-electron chi connectivity index (χ4n) is 1.85. The third-order valence-electron chi connectivity index (χ3n) is 2.89. The second-order valence-electron chi connectivity index (χ2n) is 4.42. The second-order valence-corrected chi connectivity index (χ2v) is 4.42. The highest BCUT2D eigenvalue weighted by atomic mass is 16.4. The largest absolute Gasteiger partial charge is 0.481 e. The van der Waals surface area contributed by atoms with Crippen molar-refractivity contribution < 1.29 is 24.9 Å². The first-order valence-corrected chi connectivity index (χ1v) is 6.65. The van der Waals surface area contributed by atoms with Gasteiger partial charge >= 0.3 is 12.0 Å². The molecule has 0 aliphatic carbocycles. The lowest BCUT2D eigenvalue weighted by molar-refractivity contribution is -0.136. The Morgan fingerprint density at radius 2 is 1.71 bits per heavy atom. The van der Waals surface area contributed by atoms with Crippen LogP contribution >= 0.6 is 0 Å². The van der Waals surface area contributed by atoms with E-state index < -0.39 is 12.0 Å². The Hall–Kier alpha value is -2.12. The molecule has 0 spiro atoms. The van der Waals surface area contributed by atoms with Crippen LogP contribution in [0.4, 0.5) is 10.5 Å². The van der Waals surface area contributed by atoms with E-state index in [4.69, 9.17) is 15.3 Å². The number of anilines is 1. The third-order valence-corrected chi connectivity index (χ3v) is 2.89. The van der Waals surface area contributed by atoms with Crippen molar-refractivity contribution >= 4 is 17.7 Å². The topological polar surface area (TPSA) is 110 Å². The number of aliphatic carboxylic acids is 1. The molecule has 116 valence electrons. The van der Waals surface area contributed by atoms with Gasteiger partial charge in [0.1, 0.15) is 0 Å². The fourth-order valence-corrected chi connectivity index (χ4v) is 1.85. The number of carboxylic acid groups (broad SMARTS) is 1. The normalized spacial score (nSPS) is 10.2. The van der Waals surface area contributed by atoms with E-state index >= 15 is 0 Å². The van der Waals surface area contributed by atoms with E-state index in [0.717, 1.165) is 5.56 Å². The minimum atomic E-state index is -0.904. The van der Waals surface area contributed by atoms with Crippen molar-refractivity contribution in [3.63, 3.8) is 0 Å². The summed E-state index contributed by atoms with van der Waals surface area (Å²) < 4.78 is 0. The maximum atomic E-state index is 12.1. The highest BCUT2D eigenvalue weighted by Gasteiger charge is 2.14. The van der Waals surface area contributed by atoms with E-state index in [1.807, 2.05) is 0 Å². The molecule has 0 unspecified atom stereocenters. The third kappa shape index (κ3) is 5.80. The average molecular weight is 296 g/mol. The maximum Gasteiger partial charge on any atom is 0.322 e. The predicted octanol–water partition coefficient (Wildman–Crippen LogP) is 0.522. The maximum absolute atomic E-state index is 12.1. The van der Waals surface area contributed by atoms with Gasteiger partial charge in [0, 0.05) is 25.2 Å². The smallest absolute Gasteiger partial charge is 0.322 e. The molecule has 0 bridgehead atoms. The summed E-state index contributed by atoms with van der Waals surface area (Å²) in [7, 11) is 0. The number of benzene rings is 1. The number of carbonyl (C=O) groups is 2. The van der Waals surface area contributed by atoms with Crippen molar-refractivity contribution in [3.05, 3.63) is 29.8 Å². The van der Waals surface area contributed by atoms with Gasteiger partial charge in [-0.25, -0.2) is 4.79 Å². The van der Waals surface area contributed by atoms with E-state index in [2.05, 4.69) is 5.32 Å². The molecule has 1 aromatic carbocycles. The molecular weight excluding hydrogens is 276 g/mol.